The molecule has 5 aromatic rings. The molecule has 0 spiro atoms. The van der Waals surface area contributed by atoms with Crippen molar-refractivity contribution in [1.29, 1.82) is 0 Å². The Morgan fingerprint density at radius 3 is 2.58 bits per heavy atom. The van der Waals surface area contributed by atoms with E-state index in [0.29, 0.717) is 17.4 Å². The largest absolute Gasteiger partial charge is 0.337 e. The van der Waals surface area contributed by atoms with E-state index in [1.807, 2.05) is 63.2 Å². The number of fused-ring (bicyclic) bond motifs is 1. The summed E-state index contributed by atoms with van der Waals surface area (Å²) >= 11 is 0. The first-order chi connectivity index (χ1) is 15.0. The topological polar surface area (TPSA) is 105 Å². The van der Waals surface area contributed by atoms with E-state index in [9.17, 15) is 4.79 Å². The number of hydrogen-bond acceptors (Lipinski definition) is 7. The highest BCUT2D eigenvalue weighted by atomic mass is 16.5. The first-order valence-corrected chi connectivity index (χ1v) is 9.78. The summed E-state index contributed by atoms with van der Waals surface area (Å²) in [5.41, 5.74) is 5.34. The Bertz CT molecular complexity index is 1460. The van der Waals surface area contributed by atoms with Crippen LogP contribution in [-0.4, -0.2) is 34.7 Å². The molecule has 9 heteroatoms. The zero-order valence-electron chi connectivity index (χ0n) is 17.3. The third-order valence-electron chi connectivity index (χ3n) is 5.25. The maximum absolute atomic E-state index is 12.9. The minimum Gasteiger partial charge on any atom is -0.337 e. The van der Waals surface area contributed by atoms with E-state index < -0.39 is 0 Å². The van der Waals surface area contributed by atoms with Gasteiger partial charge in [0, 0.05) is 5.56 Å². The average Bonchev–Trinajstić information content (AvgIpc) is 3.40. The molecule has 0 bridgehead atoms. The molecule has 2 aromatic carbocycles. The van der Waals surface area contributed by atoms with Crippen LogP contribution in [0.15, 0.2) is 58.1 Å². The lowest BCUT2D eigenvalue weighted by molar-refractivity contribution is 0.369. The highest BCUT2D eigenvalue weighted by molar-refractivity contribution is 5.70. The van der Waals surface area contributed by atoms with Crippen LogP contribution in [0.1, 0.15) is 22.6 Å². The highest BCUT2D eigenvalue weighted by Crippen LogP contribution is 2.18. The molecule has 0 N–H and O–H groups in total. The van der Waals surface area contributed by atoms with Crippen LogP contribution < -0.4 is 5.56 Å². The fraction of sp³-hybridized carbons (Fsp3) is 0.182. The molecule has 0 aliphatic heterocycles. The van der Waals surface area contributed by atoms with Crippen molar-refractivity contribution in [2.75, 3.05) is 0 Å². The Morgan fingerprint density at radius 2 is 1.81 bits per heavy atom. The molecule has 31 heavy (non-hydrogen) atoms. The number of rotatable bonds is 4. The zero-order valence-corrected chi connectivity index (χ0v) is 17.3. The van der Waals surface area contributed by atoms with Crippen molar-refractivity contribution in [3.63, 3.8) is 0 Å². The molecular formula is C22H19N7O2. The number of nitrogens with zero attached hydrogens (tertiary/aromatic N) is 7. The van der Waals surface area contributed by atoms with Gasteiger partial charge in [-0.1, -0.05) is 46.3 Å². The summed E-state index contributed by atoms with van der Waals surface area (Å²) < 4.78 is 8.28. The number of aryl methyl sites for hydroxylation is 3. The number of aromatic nitrogens is 7. The summed E-state index contributed by atoms with van der Waals surface area (Å²) in [6.45, 7) is 6.17. The van der Waals surface area contributed by atoms with E-state index in [-0.39, 0.29) is 17.6 Å². The maximum Gasteiger partial charge on any atom is 0.284 e. The summed E-state index contributed by atoms with van der Waals surface area (Å²) in [6, 6.07) is 13.7. The lowest BCUT2D eigenvalue weighted by atomic mass is 10.1. The van der Waals surface area contributed by atoms with Gasteiger partial charge in [-0.25, -0.2) is 4.98 Å². The molecule has 3 heterocycles. The van der Waals surface area contributed by atoms with E-state index in [1.54, 1.807) is 4.68 Å². The van der Waals surface area contributed by atoms with E-state index in [0.717, 1.165) is 22.4 Å². The van der Waals surface area contributed by atoms with Gasteiger partial charge < -0.3 is 4.52 Å². The Labute approximate surface area is 177 Å². The molecule has 0 aliphatic carbocycles. The molecule has 0 fully saturated rings. The number of benzene rings is 2. The van der Waals surface area contributed by atoms with Gasteiger partial charge >= 0.3 is 0 Å². The second-order valence-electron chi connectivity index (χ2n) is 7.50. The van der Waals surface area contributed by atoms with Gasteiger partial charge in [-0.05, 0) is 44.0 Å². The van der Waals surface area contributed by atoms with Crippen LogP contribution in [0.5, 0.6) is 0 Å². The van der Waals surface area contributed by atoms with Crippen LogP contribution >= 0.6 is 0 Å². The van der Waals surface area contributed by atoms with E-state index in [4.69, 9.17) is 4.52 Å². The molecule has 0 saturated carbocycles. The normalized spacial score (nSPS) is 11.3. The van der Waals surface area contributed by atoms with Crippen LogP contribution in [0.4, 0.5) is 0 Å². The molecule has 154 valence electrons. The van der Waals surface area contributed by atoms with Gasteiger partial charge in [0.1, 0.15) is 12.9 Å². The molecule has 0 unspecified atom stereocenters. The first kappa shape index (κ1) is 18.9. The van der Waals surface area contributed by atoms with Crippen LogP contribution in [-0.2, 0) is 6.54 Å². The van der Waals surface area contributed by atoms with Crippen molar-refractivity contribution in [2.24, 2.45) is 0 Å². The van der Waals surface area contributed by atoms with Crippen molar-refractivity contribution in [1.82, 2.24) is 34.7 Å². The van der Waals surface area contributed by atoms with Gasteiger partial charge in [0.05, 0.1) is 5.69 Å². The summed E-state index contributed by atoms with van der Waals surface area (Å²) in [5, 5.41) is 12.2. The quantitative estimate of drug-likeness (QED) is 0.446. The Hall–Kier alpha value is -4.14. The van der Waals surface area contributed by atoms with Crippen LogP contribution in [0, 0.1) is 20.8 Å². The molecule has 0 radical (unpaired) electrons. The van der Waals surface area contributed by atoms with Gasteiger partial charge in [-0.3, -0.25) is 9.36 Å². The molecule has 3 aromatic heterocycles. The molecule has 5 rings (SSSR count). The average molecular weight is 413 g/mol. The number of hydrogen-bond donors (Lipinski definition) is 0. The fourth-order valence-electron chi connectivity index (χ4n) is 3.27. The van der Waals surface area contributed by atoms with Gasteiger partial charge in [-0.15, -0.1) is 5.10 Å². The van der Waals surface area contributed by atoms with E-state index in [1.165, 1.54) is 16.5 Å². The Kier molecular flexibility index (Phi) is 4.43. The molecule has 0 aliphatic rings. The van der Waals surface area contributed by atoms with Gasteiger partial charge in [0.15, 0.2) is 11.2 Å². The molecular weight excluding hydrogens is 394 g/mol. The Morgan fingerprint density at radius 1 is 1.00 bits per heavy atom. The summed E-state index contributed by atoms with van der Waals surface area (Å²) in [6.07, 6.45) is 1.45. The predicted molar refractivity (Wildman–Crippen MR) is 114 cm³/mol. The predicted octanol–water partition coefficient (Wildman–Crippen LogP) is 3.00. The standard InChI is InChI=1S/C22H19N7O2/c1-13-4-7-16(8-5-13)20-24-18(31-26-20)11-28-12-23-21-19(22(28)30)25-27-29(21)17-9-6-14(2)15(3)10-17/h4-10,12H,11H2,1-3H3. The highest BCUT2D eigenvalue weighted by Gasteiger charge is 2.16. The SMILES string of the molecule is Cc1ccc(-c2noc(Cn3cnc4c(nnn4-c4ccc(C)c(C)c4)c3=O)n2)cc1. The smallest absolute Gasteiger partial charge is 0.284 e. The minimum atomic E-state index is -0.324. The second-order valence-corrected chi connectivity index (χ2v) is 7.50. The van der Waals surface area contributed by atoms with Crippen molar-refractivity contribution in [3.05, 3.63) is 81.7 Å². The van der Waals surface area contributed by atoms with Crippen molar-refractivity contribution in [3.8, 4) is 17.1 Å². The van der Waals surface area contributed by atoms with Gasteiger partial charge in [0.25, 0.3) is 5.56 Å². The molecule has 0 atom stereocenters. The van der Waals surface area contributed by atoms with Crippen molar-refractivity contribution >= 4 is 11.2 Å². The monoisotopic (exact) mass is 413 g/mol. The zero-order chi connectivity index (χ0) is 21.5. The summed E-state index contributed by atoms with van der Waals surface area (Å²) in [4.78, 5) is 21.7. The minimum absolute atomic E-state index is 0.0944. The van der Waals surface area contributed by atoms with Crippen molar-refractivity contribution < 1.29 is 4.52 Å². The summed E-state index contributed by atoms with van der Waals surface area (Å²) in [7, 11) is 0. The third kappa shape index (κ3) is 3.39. The Balaban J connectivity index is 1.47. The van der Waals surface area contributed by atoms with Crippen molar-refractivity contribution in [2.45, 2.75) is 27.3 Å². The van der Waals surface area contributed by atoms with Gasteiger partial charge in [-0.2, -0.15) is 9.67 Å². The maximum atomic E-state index is 12.9. The van der Waals surface area contributed by atoms with E-state index in [2.05, 4.69) is 25.4 Å². The summed E-state index contributed by atoms with van der Waals surface area (Å²) in [5.74, 6) is 0.776. The molecule has 9 nitrogen and oxygen atoms in total. The van der Waals surface area contributed by atoms with Crippen LogP contribution in [0.2, 0.25) is 0 Å². The van der Waals surface area contributed by atoms with E-state index >= 15 is 0 Å². The van der Waals surface area contributed by atoms with Crippen LogP contribution in [0.25, 0.3) is 28.2 Å². The lowest BCUT2D eigenvalue weighted by Gasteiger charge is -2.05. The van der Waals surface area contributed by atoms with Gasteiger partial charge in [0.2, 0.25) is 11.7 Å². The first-order valence-electron chi connectivity index (χ1n) is 9.78. The van der Waals surface area contributed by atoms with Crippen LogP contribution in [0.3, 0.4) is 0 Å². The lowest BCUT2D eigenvalue weighted by Crippen LogP contribution is -2.21. The molecule has 0 saturated heterocycles. The molecule has 0 amide bonds. The fourth-order valence-corrected chi connectivity index (χ4v) is 3.27. The second kappa shape index (κ2) is 7.28. The third-order valence-corrected chi connectivity index (χ3v) is 5.25.